The maximum atomic E-state index is 13.8. The molecule has 0 aliphatic heterocycles. The minimum Gasteiger partial charge on any atom is -0.497 e. The Hall–Kier alpha value is -4.35. The Morgan fingerprint density at radius 3 is 2.42 bits per heavy atom. The van der Waals surface area contributed by atoms with Crippen molar-refractivity contribution in [1.29, 1.82) is 0 Å². The quantitative estimate of drug-likeness (QED) is 0.360. The Labute approximate surface area is 231 Å². The maximum absolute atomic E-state index is 13.8. The molecular weight excluding hydrogens is 519 g/mol. The number of tetrazole rings is 1. The summed E-state index contributed by atoms with van der Waals surface area (Å²) in [5.74, 6) is -1.28. The Balaban J connectivity index is 1.61. The van der Waals surface area contributed by atoms with Gasteiger partial charge in [-0.05, 0) is 66.9 Å². The summed E-state index contributed by atoms with van der Waals surface area (Å²) in [5, 5.41) is 15.3. The molecule has 12 heteroatoms. The highest BCUT2D eigenvalue weighted by molar-refractivity contribution is 5.91. The molecular formula is C28H33FN6O5. The lowest BCUT2D eigenvalue weighted by atomic mass is 9.94. The third-order valence-corrected chi connectivity index (χ3v) is 6.70. The average molecular weight is 553 g/mol. The molecule has 1 aliphatic carbocycles. The zero-order valence-electron chi connectivity index (χ0n) is 22.6. The summed E-state index contributed by atoms with van der Waals surface area (Å²) in [7, 11) is 1.56. The number of methoxy groups -OCH3 is 1. The molecule has 4 rings (SSSR count). The van der Waals surface area contributed by atoms with E-state index in [-0.39, 0.29) is 18.5 Å². The molecule has 1 fully saturated rings. The van der Waals surface area contributed by atoms with E-state index in [2.05, 4.69) is 20.7 Å². The number of nitrogens with zero attached hydrogens (tertiary/aromatic N) is 5. The number of carbonyl (C=O) groups excluding carboxylic acids is 3. The molecule has 0 radical (unpaired) electrons. The Morgan fingerprint density at radius 1 is 1.07 bits per heavy atom. The second-order valence-corrected chi connectivity index (χ2v) is 9.50. The number of amides is 2. The Bertz CT molecular complexity index is 1290. The van der Waals surface area contributed by atoms with Gasteiger partial charge in [0.05, 0.1) is 13.7 Å². The highest BCUT2D eigenvalue weighted by Gasteiger charge is 2.35. The van der Waals surface area contributed by atoms with Gasteiger partial charge in [0.15, 0.2) is 0 Å². The van der Waals surface area contributed by atoms with Gasteiger partial charge in [-0.15, -0.1) is 10.2 Å². The normalized spacial score (nSPS) is 14.3. The van der Waals surface area contributed by atoms with E-state index in [1.807, 2.05) is 0 Å². The van der Waals surface area contributed by atoms with Crippen molar-refractivity contribution in [2.45, 2.75) is 57.7 Å². The summed E-state index contributed by atoms with van der Waals surface area (Å²) in [6, 6.07) is 11.1. The van der Waals surface area contributed by atoms with Crippen molar-refractivity contribution in [1.82, 2.24) is 30.4 Å². The van der Waals surface area contributed by atoms with Crippen LogP contribution in [-0.4, -0.2) is 69.2 Å². The second kappa shape index (κ2) is 13.6. The zero-order valence-corrected chi connectivity index (χ0v) is 22.6. The third kappa shape index (κ3) is 7.39. The molecule has 40 heavy (non-hydrogen) atoms. The number of carbonyl (C=O) groups is 3. The lowest BCUT2D eigenvalue weighted by Gasteiger charge is -2.32. The van der Waals surface area contributed by atoms with Crippen LogP contribution in [0.25, 0.3) is 11.4 Å². The standard InChI is InChI=1S/C28H33FN6O5/c1-3-40-25(37)18-34(24(36)17-35-32-27(31-33-35)20-11-15-23(39-2)16-12-20)26(19-9-13-21(29)14-10-19)28(38)30-22-7-5-4-6-8-22/h9-16,22,26H,3-8,17-18H2,1-2H3,(H,30,38). The van der Waals surface area contributed by atoms with Gasteiger partial charge in [-0.1, -0.05) is 31.4 Å². The van der Waals surface area contributed by atoms with Crippen molar-refractivity contribution in [3.63, 3.8) is 0 Å². The Kier molecular flexibility index (Phi) is 9.76. The van der Waals surface area contributed by atoms with Crippen molar-refractivity contribution in [3.8, 4) is 17.1 Å². The van der Waals surface area contributed by atoms with E-state index in [1.165, 1.54) is 24.3 Å². The molecule has 3 aromatic rings. The predicted molar refractivity (Wildman–Crippen MR) is 142 cm³/mol. The molecule has 2 aromatic carbocycles. The van der Waals surface area contributed by atoms with Gasteiger partial charge < -0.3 is 19.7 Å². The van der Waals surface area contributed by atoms with E-state index in [0.29, 0.717) is 16.9 Å². The van der Waals surface area contributed by atoms with Crippen molar-refractivity contribution >= 4 is 17.8 Å². The fraction of sp³-hybridized carbons (Fsp3) is 0.429. The van der Waals surface area contributed by atoms with Crippen LogP contribution in [0, 0.1) is 5.82 Å². The molecule has 1 aliphatic rings. The minimum atomic E-state index is -1.20. The van der Waals surface area contributed by atoms with Crippen LogP contribution in [0.1, 0.15) is 50.6 Å². The molecule has 1 saturated carbocycles. The fourth-order valence-electron chi connectivity index (χ4n) is 4.69. The Morgan fingerprint density at radius 2 is 1.77 bits per heavy atom. The summed E-state index contributed by atoms with van der Waals surface area (Å²) in [4.78, 5) is 42.2. The van der Waals surface area contributed by atoms with E-state index < -0.39 is 42.7 Å². The summed E-state index contributed by atoms with van der Waals surface area (Å²) in [6.45, 7) is 0.868. The van der Waals surface area contributed by atoms with Crippen molar-refractivity contribution in [2.24, 2.45) is 0 Å². The van der Waals surface area contributed by atoms with Gasteiger partial charge in [0.2, 0.25) is 17.6 Å². The molecule has 1 heterocycles. The van der Waals surface area contributed by atoms with Crippen LogP contribution in [0.5, 0.6) is 5.75 Å². The molecule has 2 amide bonds. The van der Waals surface area contributed by atoms with Crippen molar-refractivity contribution in [3.05, 3.63) is 59.9 Å². The number of ether oxygens (including phenoxy) is 2. The minimum absolute atomic E-state index is 0.0484. The summed E-state index contributed by atoms with van der Waals surface area (Å²) < 4.78 is 24.0. The number of hydrogen-bond donors (Lipinski definition) is 1. The van der Waals surface area contributed by atoms with Gasteiger partial charge in [-0.3, -0.25) is 14.4 Å². The molecule has 1 aromatic heterocycles. The van der Waals surface area contributed by atoms with Crippen molar-refractivity contribution < 1.29 is 28.2 Å². The number of hydrogen-bond acceptors (Lipinski definition) is 8. The number of benzene rings is 2. The zero-order chi connectivity index (χ0) is 28.5. The van der Waals surface area contributed by atoms with Gasteiger partial charge in [-0.2, -0.15) is 4.80 Å². The highest BCUT2D eigenvalue weighted by Crippen LogP contribution is 2.25. The first-order chi connectivity index (χ1) is 19.4. The van der Waals surface area contributed by atoms with Gasteiger partial charge >= 0.3 is 5.97 Å². The van der Waals surface area contributed by atoms with Crippen molar-refractivity contribution in [2.75, 3.05) is 20.3 Å². The fourth-order valence-corrected chi connectivity index (χ4v) is 4.69. The number of rotatable bonds is 11. The van der Waals surface area contributed by atoms with Crippen LogP contribution >= 0.6 is 0 Å². The van der Waals surface area contributed by atoms with Crippen LogP contribution in [0.4, 0.5) is 4.39 Å². The largest absolute Gasteiger partial charge is 0.497 e. The SMILES string of the molecule is CCOC(=O)CN(C(=O)Cn1nnc(-c2ccc(OC)cc2)n1)C(C(=O)NC1CCCCC1)c1ccc(F)cc1. The van der Waals surface area contributed by atoms with E-state index in [1.54, 1.807) is 38.3 Å². The molecule has 0 saturated heterocycles. The van der Waals surface area contributed by atoms with Crippen LogP contribution < -0.4 is 10.1 Å². The van der Waals surface area contributed by atoms with E-state index in [9.17, 15) is 18.8 Å². The molecule has 1 atom stereocenters. The number of aromatic nitrogens is 4. The lowest BCUT2D eigenvalue weighted by Crippen LogP contribution is -2.49. The number of esters is 1. The average Bonchev–Trinajstić information content (AvgIpc) is 3.42. The third-order valence-electron chi connectivity index (χ3n) is 6.70. The number of nitrogens with one attached hydrogen (secondary N) is 1. The van der Waals surface area contributed by atoms with Crippen LogP contribution in [0.3, 0.4) is 0 Å². The molecule has 212 valence electrons. The summed E-state index contributed by atoms with van der Waals surface area (Å²) in [6.07, 6.45) is 4.73. The molecule has 0 bridgehead atoms. The van der Waals surface area contributed by atoms with Gasteiger partial charge in [0, 0.05) is 11.6 Å². The first-order valence-corrected chi connectivity index (χ1v) is 13.3. The van der Waals surface area contributed by atoms with Gasteiger partial charge in [-0.25, -0.2) is 4.39 Å². The van der Waals surface area contributed by atoms with Gasteiger partial charge in [0.25, 0.3) is 0 Å². The first kappa shape index (κ1) is 28.7. The molecule has 0 spiro atoms. The number of halogens is 1. The highest BCUT2D eigenvalue weighted by atomic mass is 19.1. The van der Waals surface area contributed by atoms with E-state index >= 15 is 0 Å². The lowest BCUT2D eigenvalue weighted by molar-refractivity contribution is -0.153. The van der Waals surface area contributed by atoms with Crippen LogP contribution in [0.15, 0.2) is 48.5 Å². The van der Waals surface area contributed by atoms with E-state index in [0.717, 1.165) is 41.8 Å². The first-order valence-electron chi connectivity index (χ1n) is 13.3. The smallest absolute Gasteiger partial charge is 0.325 e. The molecule has 11 nitrogen and oxygen atoms in total. The maximum Gasteiger partial charge on any atom is 0.325 e. The summed E-state index contributed by atoms with van der Waals surface area (Å²) in [5.41, 5.74) is 1.02. The second-order valence-electron chi connectivity index (χ2n) is 9.50. The van der Waals surface area contributed by atoms with E-state index in [4.69, 9.17) is 9.47 Å². The predicted octanol–water partition coefficient (Wildman–Crippen LogP) is 3.07. The van der Waals surface area contributed by atoms with Crippen LogP contribution in [-0.2, 0) is 25.7 Å². The molecule has 1 unspecified atom stereocenters. The molecule has 1 N–H and O–H groups in total. The topological polar surface area (TPSA) is 129 Å². The van der Waals surface area contributed by atoms with Crippen LogP contribution in [0.2, 0.25) is 0 Å². The van der Waals surface area contributed by atoms with Gasteiger partial charge in [0.1, 0.15) is 30.7 Å². The summed E-state index contributed by atoms with van der Waals surface area (Å²) >= 11 is 0. The monoisotopic (exact) mass is 552 g/mol.